The third kappa shape index (κ3) is 2.98. The second-order valence-electron chi connectivity index (χ2n) is 4.50. The smallest absolute Gasteiger partial charge is 0.0318 e. The largest absolute Gasteiger partial charge is 0.309 e. The zero-order chi connectivity index (χ0) is 11.4. The highest BCUT2D eigenvalue weighted by molar-refractivity contribution is 8.00. The van der Waals surface area contributed by atoms with Crippen LogP contribution in [0.4, 0.5) is 0 Å². The standard InChI is InChI=1S/C13H20N2S/c1-10-5-6-14-9-13(10)11(2)15-8-12-4-3-7-16-12/h5-6,9,11-12,15H,3-4,7-8H2,1-2H3. The molecule has 2 atom stereocenters. The van der Waals surface area contributed by atoms with Crippen molar-refractivity contribution >= 4 is 11.8 Å². The van der Waals surface area contributed by atoms with Crippen LogP contribution >= 0.6 is 11.8 Å². The van der Waals surface area contributed by atoms with Crippen molar-refractivity contribution in [3.8, 4) is 0 Å². The minimum Gasteiger partial charge on any atom is -0.309 e. The van der Waals surface area contributed by atoms with E-state index >= 15 is 0 Å². The topological polar surface area (TPSA) is 24.9 Å². The first-order valence-corrected chi connectivity index (χ1v) is 7.07. The van der Waals surface area contributed by atoms with Crippen LogP contribution in [0, 0.1) is 6.92 Å². The quantitative estimate of drug-likeness (QED) is 0.870. The van der Waals surface area contributed by atoms with Crippen LogP contribution < -0.4 is 5.32 Å². The third-order valence-corrected chi connectivity index (χ3v) is 4.62. The Morgan fingerprint density at radius 1 is 1.62 bits per heavy atom. The summed E-state index contributed by atoms with van der Waals surface area (Å²) in [7, 11) is 0. The van der Waals surface area contributed by atoms with E-state index in [2.05, 4.69) is 42.0 Å². The predicted octanol–water partition coefficient (Wildman–Crippen LogP) is 2.94. The molecule has 2 heterocycles. The molecule has 0 bridgehead atoms. The highest BCUT2D eigenvalue weighted by Crippen LogP contribution is 2.26. The van der Waals surface area contributed by atoms with Gasteiger partial charge in [0.1, 0.15) is 0 Å². The zero-order valence-corrected chi connectivity index (χ0v) is 10.9. The summed E-state index contributed by atoms with van der Waals surface area (Å²) in [6.45, 7) is 5.50. The molecule has 0 amide bonds. The fourth-order valence-corrected chi connectivity index (χ4v) is 3.37. The summed E-state index contributed by atoms with van der Waals surface area (Å²) in [6, 6.07) is 2.49. The van der Waals surface area contributed by atoms with Crippen LogP contribution in [0.25, 0.3) is 0 Å². The maximum atomic E-state index is 4.20. The molecular formula is C13H20N2S. The number of pyridine rings is 1. The lowest BCUT2D eigenvalue weighted by molar-refractivity contribution is 0.556. The number of rotatable bonds is 4. The summed E-state index contributed by atoms with van der Waals surface area (Å²) in [4.78, 5) is 4.20. The third-order valence-electron chi connectivity index (χ3n) is 3.22. The van der Waals surface area contributed by atoms with Crippen LogP contribution in [0.5, 0.6) is 0 Å². The van der Waals surface area contributed by atoms with E-state index in [-0.39, 0.29) is 0 Å². The van der Waals surface area contributed by atoms with Gasteiger partial charge in [0, 0.05) is 30.2 Å². The number of thioether (sulfide) groups is 1. The molecule has 2 nitrogen and oxygen atoms in total. The van der Waals surface area contributed by atoms with Crippen LogP contribution in [-0.4, -0.2) is 22.5 Å². The number of aryl methyl sites for hydroxylation is 1. The van der Waals surface area contributed by atoms with E-state index in [0.717, 1.165) is 11.8 Å². The van der Waals surface area contributed by atoms with E-state index in [1.54, 1.807) is 0 Å². The van der Waals surface area contributed by atoms with Crippen molar-refractivity contribution in [3.63, 3.8) is 0 Å². The first-order valence-electron chi connectivity index (χ1n) is 6.03. The van der Waals surface area contributed by atoms with Crippen molar-refractivity contribution in [2.45, 2.75) is 38.0 Å². The van der Waals surface area contributed by atoms with Crippen LogP contribution in [0.1, 0.15) is 36.9 Å². The van der Waals surface area contributed by atoms with Crippen LogP contribution in [-0.2, 0) is 0 Å². The molecule has 2 unspecified atom stereocenters. The molecule has 16 heavy (non-hydrogen) atoms. The normalized spacial score (nSPS) is 22.2. The molecule has 1 N–H and O–H groups in total. The number of hydrogen-bond donors (Lipinski definition) is 1. The summed E-state index contributed by atoms with van der Waals surface area (Å²) in [5.41, 5.74) is 2.65. The van der Waals surface area contributed by atoms with Gasteiger partial charge in [-0.2, -0.15) is 11.8 Å². The summed E-state index contributed by atoms with van der Waals surface area (Å²) < 4.78 is 0. The van der Waals surface area contributed by atoms with Crippen molar-refractivity contribution < 1.29 is 0 Å². The maximum absolute atomic E-state index is 4.20. The molecule has 0 saturated carbocycles. The number of nitrogens with zero attached hydrogens (tertiary/aromatic N) is 1. The second-order valence-corrected chi connectivity index (χ2v) is 5.91. The Morgan fingerprint density at radius 3 is 3.19 bits per heavy atom. The van der Waals surface area contributed by atoms with Gasteiger partial charge < -0.3 is 5.32 Å². The summed E-state index contributed by atoms with van der Waals surface area (Å²) in [5, 5.41) is 4.44. The van der Waals surface area contributed by atoms with Gasteiger partial charge in [-0.1, -0.05) is 0 Å². The van der Waals surface area contributed by atoms with Crippen molar-refractivity contribution in [3.05, 3.63) is 29.6 Å². The molecule has 0 radical (unpaired) electrons. The average Bonchev–Trinajstić information content (AvgIpc) is 2.79. The van der Waals surface area contributed by atoms with Gasteiger partial charge in [0.05, 0.1) is 0 Å². The SMILES string of the molecule is Cc1ccncc1C(C)NCC1CCCS1. The maximum Gasteiger partial charge on any atom is 0.0318 e. The fraction of sp³-hybridized carbons (Fsp3) is 0.615. The Labute approximate surface area is 102 Å². The number of nitrogens with one attached hydrogen (secondary N) is 1. The molecule has 88 valence electrons. The van der Waals surface area contributed by atoms with E-state index < -0.39 is 0 Å². The summed E-state index contributed by atoms with van der Waals surface area (Å²) >= 11 is 2.11. The van der Waals surface area contributed by atoms with Crippen LogP contribution in [0.3, 0.4) is 0 Å². The van der Waals surface area contributed by atoms with Crippen molar-refractivity contribution in [1.82, 2.24) is 10.3 Å². The van der Waals surface area contributed by atoms with Crippen molar-refractivity contribution in [2.75, 3.05) is 12.3 Å². The Kier molecular flexibility index (Phi) is 4.24. The van der Waals surface area contributed by atoms with Crippen LogP contribution in [0.15, 0.2) is 18.5 Å². The van der Waals surface area contributed by atoms with Crippen molar-refractivity contribution in [2.24, 2.45) is 0 Å². The Bertz CT molecular complexity index is 334. The molecule has 1 aromatic heterocycles. The molecule has 1 aromatic rings. The monoisotopic (exact) mass is 236 g/mol. The van der Waals surface area contributed by atoms with Gasteiger partial charge in [-0.3, -0.25) is 4.98 Å². The molecule has 0 spiro atoms. The van der Waals surface area contributed by atoms with E-state index in [1.165, 1.54) is 29.7 Å². The van der Waals surface area contributed by atoms with Gasteiger partial charge in [-0.15, -0.1) is 0 Å². The predicted molar refractivity (Wildman–Crippen MR) is 70.9 cm³/mol. The first-order chi connectivity index (χ1) is 7.77. The molecule has 3 heteroatoms. The van der Waals surface area contributed by atoms with Gasteiger partial charge in [0.15, 0.2) is 0 Å². The molecule has 1 saturated heterocycles. The first kappa shape index (κ1) is 11.9. The minimum absolute atomic E-state index is 0.412. The zero-order valence-electron chi connectivity index (χ0n) is 10.1. The molecule has 0 aromatic carbocycles. The minimum atomic E-state index is 0.412. The fourth-order valence-electron chi connectivity index (χ4n) is 2.15. The number of aromatic nitrogens is 1. The second kappa shape index (κ2) is 5.69. The van der Waals surface area contributed by atoms with Gasteiger partial charge in [-0.25, -0.2) is 0 Å². The Hall–Kier alpha value is -0.540. The summed E-state index contributed by atoms with van der Waals surface area (Å²) in [5.74, 6) is 1.34. The van der Waals surface area contributed by atoms with Gasteiger partial charge in [0.2, 0.25) is 0 Å². The summed E-state index contributed by atoms with van der Waals surface area (Å²) in [6.07, 6.45) is 6.60. The molecule has 0 aliphatic carbocycles. The van der Waals surface area contributed by atoms with E-state index in [9.17, 15) is 0 Å². The van der Waals surface area contributed by atoms with Gasteiger partial charge >= 0.3 is 0 Å². The van der Waals surface area contributed by atoms with Crippen LogP contribution in [0.2, 0.25) is 0 Å². The highest BCUT2D eigenvalue weighted by Gasteiger charge is 2.16. The number of hydrogen-bond acceptors (Lipinski definition) is 3. The molecular weight excluding hydrogens is 216 g/mol. The molecule has 1 aliphatic heterocycles. The van der Waals surface area contributed by atoms with Gasteiger partial charge in [-0.05, 0) is 49.6 Å². The van der Waals surface area contributed by atoms with E-state index in [0.29, 0.717) is 6.04 Å². The van der Waals surface area contributed by atoms with Gasteiger partial charge in [0.25, 0.3) is 0 Å². The lowest BCUT2D eigenvalue weighted by Gasteiger charge is -2.18. The highest BCUT2D eigenvalue weighted by atomic mass is 32.2. The molecule has 1 aliphatic rings. The average molecular weight is 236 g/mol. The lowest BCUT2D eigenvalue weighted by Crippen LogP contribution is -2.26. The van der Waals surface area contributed by atoms with Crippen molar-refractivity contribution in [1.29, 1.82) is 0 Å². The van der Waals surface area contributed by atoms with E-state index in [4.69, 9.17) is 0 Å². The Balaban J connectivity index is 1.87. The van der Waals surface area contributed by atoms with E-state index in [1.807, 2.05) is 12.4 Å². The molecule has 2 rings (SSSR count). The Morgan fingerprint density at radius 2 is 2.50 bits per heavy atom. The molecule has 1 fully saturated rings. The lowest BCUT2D eigenvalue weighted by atomic mass is 10.1.